The Balaban J connectivity index is 4.21. The van der Waals surface area contributed by atoms with Crippen molar-refractivity contribution in [2.75, 3.05) is 7.11 Å². The number of carboxylic acids is 1. The molecule has 0 aromatic heterocycles. The van der Waals surface area contributed by atoms with E-state index in [0.29, 0.717) is 6.29 Å². The zero-order valence-corrected chi connectivity index (χ0v) is 6.92. The van der Waals surface area contributed by atoms with Crippen molar-refractivity contribution in [1.82, 2.24) is 0 Å². The van der Waals surface area contributed by atoms with Crippen LogP contribution in [0.3, 0.4) is 0 Å². The topological polar surface area (TPSA) is 63.6 Å². The molecule has 0 aromatic rings. The molecule has 10 heavy (non-hydrogen) atoms. The molecule has 0 spiro atoms. The number of carboxylic acid groups (broad SMARTS) is 1. The van der Waals surface area contributed by atoms with Gasteiger partial charge in [-0.1, -0.05) is 0 Å². The first-order valence-electron chi connectivity index (χ1n) is 2.48. The van der Waals surface area contributed by atoms with Crippen molar-refractivity contribution in [3.05, 3.63) is 0 Å². The number of hydrogen-bond acceptors (Lipinski definition) is 3. The molecule has 1 atom stereocenters. The summed E-state index contributed by atoms with van der Waals surface area (Å²) in [7, 11) is 1.21. The summed E-state index contributed by atoms with van der Waals surface area (Å²) in [5.41, 5.74) is 0. The number of carbonyl (C=O) groups excluding carboxylic acids is 1. The van der Waals surface area contributed by atoms with Crippen LogP contribution in [0, 0.1) is 0 Å². The smallest absolute Gasteiger partial charge is 0.347 e. The Morgan fingerprint density at radius 3 is 2.50 bits per heavy atom. The Hall–Kier alpha value is -0.420. The van der Waals surface area contributed by atoms with Gasteiger partial charge in [0.25, 0.3) is 0 Å². The molecule has 0 aliphatic carbocycles. The van der Waals surface area contributed by atoms with Crippen LogP contribution in [0.25, 0.3) is 0 Å². The molecule has 0 saturated carbocycles. The fourth-order valence-electron chi connectivity index (χ4n) is 0.365. The maximum Gasteiger partial charge on any atom is 0.347 e. The van der Waals surface area contributed by atoms with Crippen LogP contribution in [0.5, 0.6) is 0 Å². The maximum atomic E-state index is 10.3. The number of aliphatic carboxylic acids is 1. The van der Waals surface area contributed by atoms with Crippen LogP contribution in [0.2, 0.25) is 0 Å². The third kappa shape index (κ3) is 2.07. The number of carbonyl (C=O) groups is 2. The van der Waals surface area contributed by atoms with Gasteiger partial charge in [-0.25, -0.2) is 4.79 Å². The van der Waals surface area contributed by atoms with E-state index in [2.05, 4.69) is 20.7 Å². The van der Waals surface area contributed by atoms with Gasteiger partial charge in [0.1, 0.15) is 6.29 Å². The highest BCUT2D eigenvalue weighted by Gasteiger charge is 2.34. The second-order valence-electron chi connectivity index (χ2n) is 1.61. The Bertz CT molecular complexity index is 147. The van der Waals surface area contributed by atoms with Crippen molar-refractivity contribution in [2.24, 2.45) is 0 Å². The number of hydrogen-bond donors (Lipinski definition) is 1. The molecule has 0 bridgehead atoms. The molecule has 58 valence electrons. The monoisotopic (exact) mass is 210 g/mol. The number of methoxy groups -OCH3 is 1. The molecular weight excluding hydrogens is 204 g/mol. The summed E-state index contributed by atoms with van der Waals surface area (Å²) in [5.74, 6) is -1.21. The van der Waals surface area contributed by atoms with Gasteiger partial charge in [0, 0.05) is 7.11 Å². The lowest BCUT2D eigenvalue weighted by Gasteiger charge is -2.16. The van der Waals surface area contributed by atoms with Crippen LogP contribution < -0.4 is 0 Å². The summed E-state index contributed by atoms with van der Waals surface area (Å²) in [6, 6.07) is 0. The Morgan fingerprint density at radius 2 is 2.40 bits per heavy atom. The van der Waals surface area contributed by atoms with Crippen molar-refractivity contribution >= 4 is 28.2 Å². The van der Waals surface area contributed by atoms with Gasteiger partial charge in [-0.15, -0.1) is 0 Å². The highest BCUT2D eigenvalue weighted by molar-refractivity contribution is 9.10. The normalized spacial score (nSPS) is 15.8. The van der Waals surface area contributed by atoms with Crippen LogP contribution in [0.1, 0.15) is 6.42 Å². The van der Waals surface area contributed by atoms with Gasteiger partial charge in [0.2, 0.25) is 4.51 Å². The molecule has 0 saturated heterocycles. The first kappa shape index (κ1) is 9.58. The highest BCUT2D eigenvalue weighted by Crippen LogP contribution is 2.21. The second-order valence-corrected chi connectivity index (χ2v) is 2.89. The predicted octanol–water partition coefficient (Wildman–Crippen LogP) is 0.398. The molecule has 0 fully saturated rings. The molecule has 0 radical (unpaired) electrons. The molecule has 4 nitrogen and oxygen atoms in total. The van der Waals surface area contributed by atoms with Crippen LogP contribution in [0.4, 0.5) is 0 Å². The minimum absolute atomic E-state index is 0.209. The third-order valence-corrected chi connectivity index (χ3v) is 1.98. The van der Waals surface area contributed by atoms with Crippen LogP contribution >= 0.6 is 15.9 Å². The van der Waals surface area contributed by atoms with Crippen LogP contribution in [0.15, 0.2) is 0 Å². The van der Waals surface area contributed by atoms with Crippen LogP contribution in [-0.4, -0.2) is 29.0 Å². The molecule has 0 rings (SSSR count). The standard InChI is InChI=1S/C5H7BrO4/c1-10-5(6,2-3-7)4(8)9/h3H,2H2,1H3,(H,8,9). The van der Waals surface area contributed by atoms with E-state index in [1.165, 1.54) is 7.11 Å². The zero-order chi connectivity index (χ0) is 8.20. The number of rotatable bonds is 4. The van der Waals surface area contributed by atoms with Crippen molar-refractivity contribution < 1.29 is 19.4 Å². The van der Waals surface area contributed by atoms with E-state index >= 15 is 0 Å². The number of alkyl halides is 1. The quantitative estimate of drug-likeness (QED) is 0.539. The van der Waals surface area contributed by atoms with Gasteiger partial charge >= 0.3 is 5.97 Å². The summed E-state index contributed by atoms with van der Waals surface area (Å²) in [5, 5.41) is 8.43. The van der Waals surface area contributed by atoms with Crippen LogP contribution in [-0.2, 0) is 14.3 Å². The lowest BCUT2D eigenvalue weighted by atomic mass is 10.3. The first-order chi connectivity index (χ1) is 4.56. The minimum Gasteiger partial charge on any atom is -0.478 e. The lowest BCUT2D eigenvalue weighted by molar-refractivity contribution is -0.152. The van der Waals surface area contributed by atoms with E-state index in [4.69, 9.17) is 5.11 Å². The highest BCUT2D eigenvalue weighted by atomic mass is 79.9. The van der Waals surface area contributed by atoms with Gasteiger partial charge < -0.3 is 14.6 Å². The second kappa shape index (κ2) is 3.68. The molecule has 0 heterocycles. The summed E-state index contributed by atoms with van der Waals surface area (Å²) in [4.78, 5) is 20.2. The number of aldehydes is 1. The zero-order valence-electron chi connectivity index (χ0n) is 5.33. The summed E-state index contributed by atoms with van der Waals surface area (Å²) in [6.45, 7) is 0. The molecule has 0 aliphatic heterocycles. The minimum atomic E-state index is -1.55. The van der Waals surface area contributed by atoms with Crippen molar-refractivity contribution in [3.63, 3.8) is 0 Å². The predicted molar refractivity (Wildman–Crippen MR) is 37.0 cm³/mol. The third-order valence-electron chi connectivity index (χ3n) is 0.989. The molecule has 0 amide bonds. The summed E-state index contributed by atoms with van der Waals surface area (Å²) >= 11 is 2.76. The average molecular weight is 211 g/mol. The van der Waals surface area contributed by atoms with Gasteiger partial charge in [0.15, 0.2) is 0 Å². The molecule has 1 unspecified atom stereocenters. The van der Waals surface area contributed by atoms with Crippen molar-refractivity contribution in [3.8, 4) is 0 Å². The molecule has 0 aliphatic rings. The summed E-state index contributed by atoms with van der Waals surface area (Å²) < 4.78 is 2.98. The van der Waals surface area contributed by atoms with E-state index in [9.17, 15) is 9.59 Å². The first-order valence-corrected chi connectivity index (χ1v) is 3.27. The van der Waals surface area contributed by atoms with Gasteiger partial charge in [-0.05, 0) is 15.9 Å². The largest absolute Gasteiger partial charge is 0.478 e. The van der Waals surface area contributed by atoms with E-state index in [0.717, 1.165) is 0 Å². The summed E-state index contributed by atoms with van der Waals surface area (Å²) in [6.07, 6.45) is 0.269. The molecule has 5 heteroatoms. The Kier molecular flexibility index (Phi) is 3.52. The van der Waals surface area contributed by atoms with E-state index in [1.807, 2.05) is 0 Å². The van der Waals surface area contributed by atoms with E-state index < -0.39 is 10.5 Å². The average Bonchev–Trinajstić information content (AvgIpc) is 1.88. The van der Waals surface area contributed by atoms with Crippen molar-refractivity contribution in [1.29, 1.82) is 0 Å². The van der Waals surface area contributed by atoms with Crippen molar-refractivity contribution in [2.45, 2.75) is 10.9 Å². The Labute approximate surface area is 66.3 Å². The van der Waals surface area contributed by atoms with E-state index in [-0.39, 0.29) is 6.42 Å². The fourth-order valence-corrected chi connectivity index (χ4v) is 0.497. The number of ether oxygens (including phenoxy) is 1. The van der Waals surface area contributed by atoms with Gasteiger partial charge in [0.05, 0.1) is 6.42 Å². The van der Waals surface area contributed by atoms with Gasteiger partial charge in [-0.3, -0.25) is 0 Å². The SMILES string of the molecule is COC(Br)(CC=O)C(=O)O. The molecular formula is C5H7BrO4. The number of halogens is 1. The lowest BCUT2D eigenvalue weighted by Crippen LogP contribution is -2.34. The Morgan fingerprint density at radius 1 is 1.90 bits per heavy atom. The van der Waals surface area contributed by atoms with Gasteiger partial charge in [-0.2, -0.15) is 0 Å². The maximum absolute atomic E-state index is 10.3. The fraction of sp³-hybridized carbons (Fsp3) is 0.600. The molecule has 0 aromatic carbocycles. The molecule has 1 N–H and O–H groups in total. The van der Waals surface area contributed by atoms with E-state index in [1.54, 1.807) is 0 Å².